The molecule has 0 spiro atoms. The van der Waals surface area contributed by atoms with E-state index in [1.165, 1.54) is 7.11 Å². The topological polar surface area (TPSA) is 81.4 Å². The number of ether oxygens (including phenoxy) is 1. The molecule has 1 aromatic carbocycles. The van der Waals surface area contributed by atoms with Crippen LogP contribution < -0.4 is 11.1 Å². The van der Waals surface area contributed by atoms with E-state index < -0.39 is 11.9 Å². The zero-order chi connectivity index (χ0) is 12.1. The average molecular weight is 222 g/mol. The third-order valence-electron chi connectivity index (χ3n) is 2.12. The molecule has 5 heteroatoms. The van der Waals surface area contributed by atoms with Gasteiger partial charge in [-0.2, -0.15) is 0 Å². The molecule has 16 heavy (non-hydrogen) atoms. The van der Waals surface area contributed by atoms with Crippen LogP contribution in [-0.4, -0.2) is 25.5 Å². The maximum absolute atomic E-state index is 11.5. The van der Waals surface area contributed by atoms with Gasteiger partial charge < -0.3 is 15.8 Å². The summed E-state index contributed by atoms with van der Waals surface area (Å²) in [6, 6.07) is 5.20. The molecule has 0 bridgehead atoms. The van der Waals surface area contributed by atoms with Gasteiger partial charge in [0.05, 0.1) is 24.9 Å². The molecule has 0 fully saturated rings. The number of primary amides is 1. The van der Waals surface area contributed by atoms with E-state index in [0.29, 0.717) is 11.3 Å². The number of carbonyl (C=O) groups excluding carboxylic acids is 2. The Morgan fingerprint density at radius 3 is 2.69 bits per heavy atom. The first kappa shape index (κ1) is 12.0. The number of amides is 1. The lowest BCUT2D eigenvalue weighted by molar-refractivity contribution is -0.116. The Bertz CT molecular complexity index is 416. The summed E-state index contributed by atoms with van der Waals surface area (Å²) in [6.07, 6.45) is 0. The third-order valence-corrected chi connectivity index (χ3v) is 2.12. The van der Waals surface area contributed by atoms with Crippen molar-refractivity contribution in [3.05, 3.63) is 29.3 Å². The van der Waals surface area contributed by atoms with E-state index in [1.54, 1.807) is 12.1 Å². The van der Waals surface area contributed by atoms with Gasteiger partial charge in [-0.05, 0) is 18.6 Å². The van der Waals surface area contributed by atoms with Crippen molar-refractivity contribution >= 4 is 17.6 Å². The largest absolute Gasteiger partial charge is 0.465 e. The van der Waals surface area contributed by atoms with Crippen molar-refractivity contribution in [1.29, 1.82) is 0 Å². The van der Waals surface area contributed by atoms with Gasteiger partial charge in [0.2, 0.25) is 5.91 Å². The molecule has 0 aliphatic heterocycles. The van der Waals surface area contributed by atoms with Gasteiger partial charge in [0.1, 0.15) is 0 Å². The lowest BCUT2D eigenvalue weighted by Crippen LogP contribution is -2.23. The maximum Gasteiger partial charge on any atom is 0.339 e. The minimum absolute atomic E-state index is 0.0190. The Hall–Kier alpha value is -2.04. The molecule has 0 heterocycles. The van der Waals surface area contributed by atoms with Gasteiger partial charge in [0.25, 0.3) is 0 Å². The van der Waals surface area contributed by atoms with Gasteiger partial charge >= 0.3 is 5.97 Å². The van der Waals surface area contributed by atoms with Crippen LogP contribution in [0.5, 0.6) is 0 Å². The molecule has 3 N–H and O–H groups in total. The van der Waals surface area contributed by atoms with Crippen LogP contribution in [0.15, 0.2) is 18.2 Å². The minimum Gasteiger partial charge on any atom is -0.465 e. The number of carbonyl (C=O) groups is 2. The van der Waals surface area contributed by atoms with Crippen molar-refractivity contribution in [2.24, 2.45) is 5.73 Å². The highest BCUT2D eigenvalue weighted by molar-refractivity contribution is 5.97. The number of para-hydroxylation sites is 1. The van der Waals surface area contributed by atoms with Gasteiger partial charge in [0, 0.05) is 0 Å². The van der Waals surface area contributed by atoms with Crippen LogP contribution >= 0.6 is 0 Å². The first-order chi connectivity index (χ1) is 7.56. The first-order valence-corrected chi connectivity index (χ1v) is 4.76. The highest BCUT2D eigenvalue weighted by Crippen LogP contribution is 2.20. The van der Waals surface area contributed by atoms with E-state index >= 15 is 0 Å². The summed E-state index contributed by atoms with van der Waals surface area (Å²) < 4.78 is 4.64. The van der Waals surface area contributed by atoms with E-state index in [4.69, 9.17) is 5.73 Å². The fourth-order valence-corrected chi connectivity index (χ4v) is 1.36. The van der Waals surface area contributed by atoms with Crippen LogP contribution in [0.25, 0.3) is 0 Å². The SMILES string of the molecule is COC(=O)c1cccc(C)c1NCC(N)=O. The Kier molecular flexibility index (Phi) is 3.88. The zero-order valence-corrected chi connectivity index (χ0v) is 9.24. The van der Waals surface area contributed by atoms with Crippen molar-refractivity contribution in [3.63, 3.8) is 0 Å². The standard InChI is InChI=1S/C11H14N2O3/c1-7-4-3-5-8(11(15)16-2)10(7)13-6-9(12)14/h3-5,13H,6H2,1-2H3,(H2,12,14). The number of esters is 1. The number of rotatable bonds is 4. The third kappa shape index (κ3) is 2.73. The molecular weight excluding hydrogens is 208 g/mol. The Morgan fingerprint density at radius 2 is 2.12 bits per heavy atom. The summed E-state index contributed by atoms with van der Waals surface area (Å²) in [5.41, 5.74) is 6.85. The highest BCUT2D eigenvalue weighted by atomic mass is 16.5. The van der Waals surface area contributed by atoms with E-state index in [0.717, 1.165) is 5.56 Å². The van der Waals surface area contributed by atoms with E-state index in [2.05, 4.69) is 10.1 Å². The molecule has 0 aliphatic rings. The number of nitrogens with two attached hydrogens (primary N) is 1. The summed E-state index contributed by atoms with van der Waals surface area (Å²) in [5, 5.41) is 2.82. The van der Waals surface area contributed by atoms with Gasteiger partial charge in [0.15, 0.2) is 0 Å². The van der Waals surface area contributed by atoms with Crippen molar-refractivity contribution in [2.45, 2.75) is 6.92 Å². The maximum atomic E-state index is 11.5. The quantitative estimate of drug-likeness (QED) is 0.734. The van der Waals surface area contributed by atoms with Crippen LogP contribution in [0.1, 0.15) is 15.9 Å². The summed E-state index contributed by atoms with van der Waals surface area (Å²) in [6.45, 7) is 1.81. The predicted octanol–water partition coefficient (Wildman–Crippen LogP) is 0.679. The van der Waals surface area contributed by atoms with Crippen LogP contribution in [-0.2, 0) is 9.53 Å². The molecule has 86 valence electrons. The minimum atomic E-state index is -0.487. The second kappa shape index (κ2) is 5.16. The molecule has 0 radical (unpaired) electrons. The monoisotopic (exact) mass is 222 g/mol. The smallest absolute Gasteiger partial charge is 0.339 e. The van der Waals surface area contributed by atoms with Gasteiger partial charge in [-0.1, -0.05) is 12.1 Å². The second-order valence-electron chi connectivity index (χ2n) is 3.31. The molecule has 1 rings (SSSR count). The van der Waals surface area contributed by atoms with Crippen molar-refractivity contribution in [1.82, 2.24) is 0 Å². The number of hydrogen-bond donors (Lipinski definition) is 2. The molecule has 5 nitrogen and oxygen atoms in total. The lowest BCUT2D eigenvalue weighted by atomic mass is 10.1. The molecule has 1 amide bonds. The normalized spacial score (nSPS) is 9.62. The van der Waals surface area contributed by atoms with E-state index in [9.17, 15) is 9.59 Å². The molecule has 0 atom stereocenters. The number of methoxy groups -OCH3 is 1. The Morgan fingerprint density at radius 1 is 1.44 bits per heavy atom. The molecule has 0 aromatic heterocycles. The fraction of sp³-hybridized carbons (Fsp3) is 0.273. The number of hydrogen-bond acceptors (Lipinski definition) is 4. The number of aryl methyl sites for hydroxylation is 1. The Balaban J connectivity index is 3.03. The van der Waals surface area contributed by atoms with Crippen molar-refractivity contribution in [3.8, 4) is 0 Å². The first-order valence-electron chi connectivity index (χ1n) is 4.76. The van der Waals surface area contributed by atoms with Crippen LogP contribution in [0.4, 0.5) is 5.69 Å². The summed E-state index contributed by atoms with van der Waals surface area (Å²) in [7, 11) is 1.31. The van der Waals surface area contributed by atoms with Crippen LogP contribution in [0.2, 0.25) is 0 Å². The molecule has 0 saturated carbocycles. The number of anilines is 1. The molecule has 1 aromatic rings. The van der Waals surface area contributed by atoms with Gasteiger partial charge in [-0.15, -0.1) is 0 Å². The van der Waals surface area contributed by atoms with Crippen molar-refractivity contribution in [2.75, 3.05) is 19.0 Å². The van der Waals surface area contributed by atoms with Crippen LogP contribution in [0.3, 0.4) is 0 Å². The van der Waals surface area contributed by atoms with Gasteiger partial charge in [-0.25, -0.2) is 4.79 Å². The molecule has 0 unspecified atom stereocenters. The highest BCUT2D eigenvalue weighted by Gasteiger charge is 2.13. The predicted molar refractivity (Wildman–Crippen MR) is 60.2 cm³/mol. The lowest BCUT2D eigenvalue weighted by Gasteiger charge is -2.12. The molecular formula is C11H14N2O3. The summed E-state index contributed by atoms with van der Waals surface area (Å²) >= 11 is 0. The summed E-state index contributed by atoms with van der Waals surface area (Å²) in [4.78, 5) is 22.1. The summed E-state index contributed by atoms with van der Waals surface area (Å²) in [5.74, 6) is -0.935. The molecule has 0 saturated heterocycles. The van der Waals surface area contributed by atoms with E-state index in [1.807, 2.05) is 13.0 Å². The van der Waals surface area contributed by atoms with Gasteiger partial charge in [-0.3, -0.25) is 4.79 Å². The average Bonchev–Trinajstić information content (AvgIpc) is 2.25. The zero-order valence-electron chi connectivity index (χ0n) is 9.24. The second-order valence-corrected chi connectivity index (χ2v) is 3.31. The number of nitrogens with one attached hydrogen (secondary N) is 1. The fourth-order valence-electron chi connectivity index (χ4n) is 1.36. The Labute approximate surface area is 93.6 Å². The van der Waals surface area contributed by atoms with Crippen molar-refractivity contribution < 1.29 is 14.3 Å². The van der Waals surface area contributed by atoms with Crippen LogP contribution in [0, 0.1) is 6.92 Å². The number of benzene rings is 1. The van der Waals surface area contributed by atoms with E-state index in [-0.39, 0.29) is 6.54 Å². The molecule has 0 aliphatic carbocycles.